The third kappa shape index (κ3) is 5.15. The third-order valence-electron chi connectivity index (χ3n) is 6.08. The molecule has 1 aliphatic heterocycles. The van der Waals surface area contributed by atoms with Crippen LogP contribution in [-0.2, 0) is 4.79 Å². The summed E-state index contributed by atoms with van der Waals surface area (Å²) in [7, 11) is 3.94. The number of rotatable bonds is 6. The second-order valence-corrected chi connectivity index (χ2v) is 9.19. The number of carbonyl (C=O) groups excluding carboxylic acids is 1. The van der Waals surface area contributed by atoms with Crippen LogP contribution in [-0.4, -0.2) is 30.9 Å². The van der Waals surface area contributed by atoms with E-state index in [0.717, 1.165) is 22.5 Å². The molecule has 9 heteroatoms. The van der Waals surface area contributed by atoms with Gasteiger partial charge in [-0.25, -0.2) is 4.99 Å². The van der Waals surface area contributed by atoms with Crippen LogP contribution >= 0.6 is 11.6 Å². The van der Waals surface area contributed by atoms with Crippen molar-refractivity contribution in [3.63, 3.8) is 0 Å². The number of hydrogen-bond acceptors (Lipinski definition) is 7. The maximum atomic E-state index is 13.7. The van der Waals surface area contributed by atoms with Crippen molar-refractivity contribution in [2.24, 2.45) is 4.99 Å². The SMILES string of the molecule is CCC1=C(C(=O)Nc2ccc(N(C)C)cc2)C(c2ccccc2Cl)N=C(Nc2nc3ccccc3o2)N1. The lowest BCUT2D eigenvalue weighted by atomic mass is 9.94. The van der Waals surface area contributed by atoms with E-state index in [2.05, 4.69) is 20.9 Å². The zero-order valence-corrected chi connectivity index (χ0v) is 21.5. The molecule has 188 valence electrons. The molecule has 0 radical (unpaired) electrons. The van der Waals surface area contributed by atoms with Crippen molar-refractivity contribution < 1.29 is 9.21 Å². The zero-order chi connectivity index (χ0) is 25.9. The highest BCUT2D eigenvalue weighted by Gasteiger charge is 2.32. The quantitative estimate of drug-likeness (QED) is 0.294. The number of nitrogens with one attached hydrogen (secondary N) is 3. The minimum atomic E-state index is -0.641. The number of guanidine groups is 1. The molecule has 0 saturated heterocycles. The number of allylic oxidation sites excluding steroid dienone is 1. The van der Waals surface area contributed by atoms with Crippen LogP contribution in [0.2, 0.25) is 5.02 Å². The van der Waals surface area contributed by atoms with Crippen LogP contribution in [0.1, 0.15) is 24.9 Å². The van der Waals surface area contributed by atoms with Gasteiger partial charge in [0.2, 0.25) is 5.96 Å². The van der Waals surface area contributed by atoms with Gasteiger partial charge >= 0.3 is 6.01 Å². The highest BCUT2D eigenvalue weighted by molar-refractivity contribution is 6.31. The Hall–Kier alpha value is -4.30. The van der Waals surface area contributed by atoms with Gasteiger partial charge in [0.05, 0.1) is 5.57 Å². The molecule has 37 heavy (non-hydrogen) atoms. The number of benzene rings is 3. The van der Waals surface area contributed by atoms with E-state index in [1.54, 1.807) is 6.07 Å². The number of amides is 1. The van der Waals surface area contributed by atoms with Crippen molar-refractivity contribution in [1.29, 1.82) is 0 Å². The first-order chi connectivity index (χ1) is 17.9. The van der Waals surface area contributed by atoms with Crippen LogP contribution in [0.15, 0.2) is 93.5 Å². The number of carbonyl (C=O) groups is 1. The number of anilines is 3. The summed E-state index contributed by atoms with van der Waals surface area (Å²) in [5, 5.41) is 9.94. The van der Waals surface area contributed by atoms with Gasteiger partial charge in [0.25, 0.3) is 5.91 Å². The molecule has 0 aliphatic carbocycles. The molecule has 8 nitrogen and oxygen atoms in total. The molecule has 4 aromatic rings. The first-order valence-corrected chi connectivity index (χ1v) is 12.3. The second kappa shape index (κ2) is 10.4. The minimum Gasteiger partial charge on any atom is -0.423 e. The topological polar surface area (TPSA) is 94.8 Å². The summed E-state index contributed by atoms with van der Waals surface area (Å²) >= 11 is 6.59. The third-order valence-corrected chi connectivity index (χ3v) is 6.43. The van der Waals surface area contributed by atoms with Crippen LogP contribution in [0.4, 0.5) is 17.4 Å². The van der Waals surface area contributed by atoms with Gasteiger partial charge in [0.15, 0.2) is 5.58 Å². The fourth-order valence-electron chi connectivity index (χ4n) is 4.19. The summed E-state index contributed by atoms with van der Waals surface area (Å²) in [5.74, 6) is 0.164. The number of halogens is 1. The molecule has 0 fully saturated rings. The molecule has 3 N–H and O–H groups in total. The fraction of sp³-hybridized carbons (Fsp3) is 0.179. The first-order valence-electron chi connectivity index (χ1n) is 12.0. The minimum absolute atomic E-state index is 0.253. The molecule has 1 unspecified atom stereocenters. The van der Waals surface area contributed by atoms with E-state index in [9.17, 15) is 4.79 Å². The Morgan fingerprint density at radius 1 is 1.05 bits per heavy atom. The lowest BCUT2D eigenvalue weighted by Gasteiger charge is -2.28. The van der Waals surface area contributed by atoms with E-state index in [0.29, 0.717) is 40.3 Å². The lowest BCUT2D eigenvalue weighted by Crippen LogP contribution is -2.38. The van der Waals surface area contributed by atoms with Gasteiger partial charge in [-0.05, 0) is 48.9 Å². The Balaban J connectivity index is 1.49. The fourth-order valence-corrected chi connectivity index (χ4v) is 4.43. The number of aromatic nitrogens is 1. The predicted octanol–water partition coefficient (Wildman–Crippen LogP) is 5.96. The van der Waals surface area contributed by atoms with Crippen molar-refractivity contribution in [1.82, 2.24) is 10.3 Å². The van der Waals surface area contributed by atoms with E-state index in [-0.39, 0.29) is 5.91 Å². The highest BCUT2D eigenvalue weighted by atomic mass is 35.5. The van der Waals surface area contributed by atoms with Gasteiger partial charge in [0, 0.05) is 41.8 Å². The molecule has 0 spiro atoms. The highest BCUT2D eigenvalue weighted by Crippen LogP contribution is 2.36. The molecule has 1 atom stereocenters. The number of hydrogen-bond donors (Lipinski definition) is 3. The Labute approximate surface area is 220 Å². The van der Waals surface area contributed by atoms with E-state index in [1.165, 1.54) is 0 Å². The summed E-state index contributed by atoms with van der Waals surface area (Å²) in [6.45, 7) is 1.98. The second-order valence-electron chi connectivity index (χ2n) is 8.78. The zero-order valence-electron chi connectivity index (χ0n) is 20.7. The number of oxazole rings is 1. The monoisotopic (exact) mass is 514 g/mol. The number of aliphatic imine (C=N–C) groups is 1. The summed E-state index contributed by atoms with van der Waals surface area (Å²) in [6, 6.07) is 22.2. The predicted molar refractivity (Wildman–Crippen MR) is 149 cm³/mol. The number of para-hydroxylation sites is 2. The molecule has 1 aliphatic rings. The van der Waals surface area contributed by atoms with Crippen molar-refractivity contribution in [2.45, 2.75) is 19.4 Å². The van der Waals surface area contributed by atoms with Gasteiger partial charge in [-0.3, -0.25) is 10.1 Å². The van der Waals surface area contributed by atoms with Gasteiger partial charge < -0.3 is 20.0 Å². The molecule has 3 aromatic carbocycles. The van der Waals surface area contributed by atoms with Gasteiger partial charge in [-0.2, -0.15) is 4.98 Å². The number of nitrogens with zero attached hydrogens (tertiary/aromatic N) is 3. The normalized spacial score (nSPS) is 15.2. The van der Waals surface area contributed by atoms with Gasteiger partial charge in [0.1, 0.15) is 11.6 Å². The first kappa shape index (κ1) is 24.4. The van der Waals surface area contributed by atoms with E-state index in [4.69, 9.17) is 21.0 Å². The average molecular weight is 515 g/mol. The van der Waals surface area contributed by atoms with Crippen molar-refractivity contribution in [3.8, 4) is 0 Å². The van der Waals surface area contributed by atoms with Gasteiger partial charge in [-0.15, -0.1) is 0 Å². The van der Waals surface area contributed by atoms with Crippen molar-refractivity contribution >= 4 is 52.0 Å². The summed E-state index contributed by atoms with van der Waals surface area (Å²) in [6.07, 6.45) is 0.567. The molecule has 0 bridgehead atoms. The van der Waals surface area contributed by atoms with Crippen molar-refractivity contribution in [2.75, 3.05) is 29.6 Å². The standard InChI is InChI=1S/C28H27ClN6O2/c1-4-21-24(26(36)30-17-13-15-18(16-14-17)35(2)3)25(19-9-5-6-10-20(19)29)33-27(31-21)34-28-32-22-11-7-8-12-23(22)37-28/h5-16,25H,4H2,1-3H3,(H,30,36)(H2,31,32,33,34). The van der Waals surface area contributed by atoms with Crippen molar-refractivity contribution in [3.05, 3.63) is 94.7 Å². The molecule has 1 amide bonds. The average Bonchev–Trinajstić information content (AvgIpc) is 3.31. The molecule has 0 saturated carbocycles. The van der Waals surface area contributed by atoms with E-state index in [1.807, 2.05) is 92.6 Å². The molecular formula is C28H27ClN6O2. The van der Waals surface area contributed by atoms with Crippen LogP contribution in [0, 0.1) is 0 Å². The van der Waals surface area contributed by atoms with E-state index >= 15 is 0 Å². The summed E-state index contributed by atoms with van der Waals surface area (Å²) in [5.41, 5.74) is 5.07. The summed E-state index contributed by atoms with van der Waals surface area (Å²) < 4.78 is 5.82. The maximum Gasteiger partial charge on any atom is 0.302 e. The summed E-state index contributed by atoms with van der Waals surface area (Å²) in [4.78, 5) is 25.0. The Morgan fingerprint density at radius 3 is 2.49 bits per heavy atom. The van der Waals surface area contributed by atoms with Crippen LogP contribution in [0.25, 0.3) is 11.1 Å². The number of fused-ring (bicyclic) bond motifs is 1. The molecule has 1 aromatic heterocycles. The van der Waals surface area contributed by atoms with Crippen LogP contribution < -0.4 is 20.9 Å². The largest absolute Gasteiger partial charge is 0.423 e. The Kier molecular flexibility index (Phi) is 6.83. The lowest BCUT2D eigenvalue weighted by molar-refractivity contribution is -0.113. The van der Waals surface area contributed by atoms with Gasteiger partial charge in [-0.1, -0.05) is 48.9 Å². The van der Waals surface area contributed by atoms with Crippen LogP contribution in [0.5, 0.6) is 0 Å². The van der Waals surface area contributed by atoms with Crippen LogP contribution in [0.3, 0.4) is 0 Å². The Morgan fingerprint density at radius 2 is 1.78 bits per heavy atom. The molecule has 5 rings (SSSR count). The van der Waals surface area contributed by atoms with E-state index < -0.39 is 6.04 Å². The molecular weight excluding hydrogens is 488 g/mol. The maximum absolute atomic E-state index is 13.7. The Bertz CT molecular complexity index is 1470. The smallest absolute Gasteiger partial charge is 0.302 e. The molecule has 2 heterocycles.